The Morgan fingerprint density at radius 1 is 1.41 bits per heavy atom. The molecule has 0 bridgehead atoms. The van der Waals surface area contributed by atoms with Gasteiger partial charge in [-0.3, -0.25) is 9.80 Å². The summed E-state index contributed by atoms with van der Waals surface area (Å²) in [6.45, 7) is 8.33. The molecule has 4 heteroatoms. The molecule has 17 heavy (non-hydrogen) atoms. The fourth-order valence-corrected chi connectivity index (χ4v) is 3.88. The third-order valence-electron chi connectivity index (χ3n) is 3.98. The summed E-state index contributed by atoms with van der Waals surface area (Å²) in [4.78, 5) is 11.2. The number of aromatic nitrogens is 1. The lowest BCUT2D eigenvalue weighted by molar-refractivity contribution is 0.0993. The van der Waals surface area contributed by atoms with Crippen LogP contribution in [0, 0.1) is 0 Å². The Kier molecular flexibility index (Phi) is 3.45. The van der Waals surface area contributed by atoms with E-state index in [0.717, 1.165) is 19.0 Å². The SMILES string of the molecule is CCc1cnc(CN2CCN3CCCC3C2)s1. The van der Waals surface area contributed by atoms with Crippen molar-refractivity contribution in [3.05, 3.63) is 16.1 Å². The van der Waals surface area contributed by atoms with Crippen LogP contribution < -0.4 is 0 Å². The first-order valence-electron chi connectivity index (χ1n) is 6.75. The molecule has 1 atom stereocenters. The van der Waals surface area contributed by atoms with Crippen molar-refractivity contribution in [1.82, 2.24) is 14.8 Å². The molecule has 1 aromatic rings. The molecule has 3 nitrogen and oxygen atoms in total. The van der Waals surface area contributed by atoms with Gasteiger partial charge in [0, 0.05) is 36.8 Å². The molecule has 1 unspecified atom stereocenters. The quantitative estimate of drug-likeness (QED) is 0.819. The fourth-order valence-electron chi connectivity index (χ4n) is 2.97. The van der Waals surface area contributed by atoms with Gasteiger partial charge < -0.3 is 0 Å². The topological polar surface area (TPSA) is 19.4 Å². The van der Waals surface area contributed by atoms with Gasteiger partial charge >= 0.3 is 0 Å². The van der Waals surface area contributed by atoms with Gasteiger partial charge in [-0.25, -0.2) is 4.98 Å². The molecule has 2 saturated heterocycles. The van der Waals surface area contributed by atoms with E-state index in [-0.39, 0.29) is 0 Å². The molecule has 1 aromatic heterocycles. The normalized spacial score (nSPS) is 26.3. The van der Waals surface area contributed by atoms with Crippen molar-refractivity contribution in [3.8, 4) is 0 Å². The highest BCUT2D eigenvalue weighted by Gasteiger charge is 2.30. The fraction of sp³-hybridized carbons (Fsp3) is 0.769. The standard InChI is InChI=1S/C13H21N3S/c1-2-12-8-14-13(17-12)10-15-6-7-16-5-3-4-11(16)9-15/h8,11H,2-7,9-10H2,1H3. The average Bonchev–Trinajstić information content (AvgIpc) is 2.96. The molecule has 0 radical (unpaired) electrons. The zero-order chi connectivity index (χ0) is 11.7. The molecular weight excluding hydrogens is 230 g/mol. The van der Waals surface area contributed by atoms with Crippen molar-refractivity contribution in [3.63, 3.8) is 0 Å². The highest BCUT2D eigenvalue weighted by atomic mass is 32.1. The maximum Gasteiger partial charge on any atom is 0.107 e. The van der Waals surface area contributed by atoms with Crippen LogP contribution in [-0.4, -0.2) is 47.0 Å². The molecule has 0 aromatic carbocycles. The summed E-state index contributed by atoms with van der Waals surface area (Å²) in [5.41, 5.74) is 0. The van der Waals surface area contributed by atoms with Crippen LogP contribution in [0.3, 0.4) is 0 Å². The predicted molar refractivity (Wildman–Crippen MR) is 71.4 cm³/mol. The number of hydrogen-bond acceptors (Lipinski definition) is 4. The van der Waals surface area contributed by atoms with Crippen molar-refractivity contribution in [1.29, 1.82) is 0 Å². The number of aryl methyl sites for hydroxylation is 1. The Labute approximate surface area is 107 Å². The van der Waals surface area contributed by atoms with E-state index in [9.17, 15) is 0 Å². The lowest BCUT2D eigenvalue weighted by atomic mass is 10.1. The highest BCUT2D eigenvalue weighted by molar-refractivity contribution is 7.11. The summed E-state index contributed by atoms with van der Waals surface area (Å²) in [6.07, 6.45) is 5.96. The van der Waals surface area contributed by atoms with E-state index >= 15 is 0 Å². The van der Waals surface area contributed by atoms with Crippen molar-refractivity contribution in [2.75, 3.05) is 26.2 Å². The van der Waals surface area contributed by atoms with Gasteiger partial charge in [0.05, 0.1) is 6.54 Å². The maximum atomic E-state index is 4.53. The first-order valence-corrected chi connectivity index (χ1v) is 7.57. The molecule has 3 heterocycles. The summed E-state index contributed by atoms with van der Waals surface area (Å²) in [7, 11) is 0. The second kappa shape index (κ2) is 5.04. The van der Waals surface area contributed by atoms with Gasteiger partial charge in [-0.15, -0.1) is 11.3 Å². The Hall–Kier alpha value is -0.450. The van der Waals surface area contributed by atoms with Gasteiger partial charge in [-0.2, -0.15) is 0 Å². The molecular formula is C13H21N3S. The Morgan fingerprint density at radius 3 is 3.18 bits per heavy atom. The predicted octanol–water partition coefficient (Wildman–Crippen LogP) is 1.99. The lowest BCUT2D eigenvalue weighted by Crippen LogP contribution is -2.49. The van der Waals surface area contributed by atoms with Crippen LogP contribution in [0.15, 0.2) is 6.20 Å². The highest BCUT2D eigenvalue weighted by Crippen LogP contribution is 2.23. The van der Waals surface area contributed by atoms with Gasteiger partial charge in [0.15, 0.2) is 0 Å². The van der Waals surface area contributed by atoms with E-state index < -0.39 is 0 Å². The van der Waals surface area contributed by atoms with E-state index in [0.29, 0.717) is 0 Å². The summed E-state index contributed by atoms with van der Waals surface area (Å²) in [6, 6.07) is 0.828. The second-order valence-electron chi connectivity index (χ2n) is 5.14. The summed E-state index contributed by atoms with van der Waals surface area (Å²) in [5, 5.41) is 1.30. The number of thiazole rings is 1. The number of nitrogens with zero attached hydrogens (tertiary/aromatic N) is 3. The number of fused-ring (bicyclic) bond motifs is 1. The third-order valence-corrected chi connectivity index (χ3v) is 5.11. The summed E-state index contributed by atoms with van der Waals surface area (Å²) >= 11 is 1.89. The van der Waals surface area contributed by atoms with Crippen LogP contribution in [0.25, 0.3) is 0 Å². The van der Waals surface area contributed by atoms with Gasteiger partial charge in [0.1, 0.15) is 5.01 Å². The van der Waals surface area contributed by atoms with Crippen LogP contribution in [0.5, 0.6) is 0 Å². The van der Waals surface area contributed by atoms with Crippen LogP contribution in [0.1, 0.15) is 29.7 Å². The number of piperazine rings is 1. The first-order chi connectivity index (χ1) is 8.35. The van der Waals surface area contributed by atoms with Crippen molar-refractivity contribution >= 4 is 11.3 Å². The van der Waals surface area contributed by atoms with E-state index in [1.807, 2.05) is 17.5 Å². The van der Waals surface area contributed by atoms with Crippen molar-refractivity contribution in [2.24, 2.45) is 0 Å². The Balaban J connectivity index is 1.58. The van der Waals surface area contributed by atoms with Crippen LogP contribution in [0.2, 0.25) is 0 Å². The summed E-state index contributed by atoms with van der Waals surface area (Å²) in [5.74, 6) is 0. The Bertz CT molecular complexity index is 376. The summed E-state index contributed by atoms with van der Waals surface area (Å²) < 4.78 is 0. The minimum Gasteiger partial charge on any atom is -0.298 e. The number of rotatable bonds is 3. The van der Waals surface area contributed by atoms with Gasteiger partial charge in [-0.05, 0) is 25.8 Å². The van der Waals surface area contributed by atoms with E-state index in [1.165, 1.54) is 48.9 Å². The van der Waals surface area contributed by atoms with E-state index in [2.05, 4.69) is 21.7 Å². The molecule has 0 N–H and O–H groups in total. The molecule has 0 amide bonds. The van der Waals surface area contributed by atoms with Gasteiger partial charge in [0.2, 0.25) is 0 Å². The van der Waals surface area contributed by atoms with Crippen molar-refractivity contribution in [2.45, 2.75) is 38.8 Å². The molecule has 2 aliphatic heterocycles. The lowest BCUT2D eigenvalue weighted by Gasteiger charge is -2.37. The Morgan fingerprint density at radius 2 is 2.35 bits per heavy atom. The van der Waals surface area contributed by atoms with Crippen molar-refractivity contribution < 1.29 is 0 Å². The average molecular weight is 251 g/mol. The van der Waals surface area contributed by atoms with Crippen LogP contribution >= 0.6 is 11.3 Å². The van der Waals surface area contributed by atoms with E-state index in [4.69, 9.17) is 0 Å². The molecule has 0 saturated carbocycles. The molecule has 94 valence electrons. The zero-order valence-electron chi connectivity index (χ0n) is 10.6. The smallest absolute Gasteiger partial charge is 0.107 e. The minimum absolute atomic E-state index is 0.828. The molecule has 0 aliphatic carbocycles. The largest absolute Gasteiger partial charge is 0.298 e. The maximum absolute atomic E-state index is 4.53. The molecule has 2 aliphatic rings. The number of hydrogen-bond donors (Lipinski definition) is 0. The van der Waals surface area contributed by atoms with Gasteiger partial charge in [-0.1, -0.05) is 6.92 Å². The zero-order valence-corrected chi connectivity index (χ0v) is 11.4. The minimum atomic E-state index is 0.828. The molecule has 3 rings (SSSR count). The van der Waals surface area contributed by atoms with Crippen LogP contribution in [-0.2, 0) is 13.0 Å². The second-order valence-corrected chi connectivity index (χ2v) is 6.34. The van der Waals surface area contributed by atoms with Crippen LogP contribution in [0.4, 0.5) is 0 Å². The molecule has 0 spiro atoms. The van der Waals surface area contributed by atoms with Gasteiger partial charge in [0.25, 0.3) is 0 Å². The first kappa shape index (κ1) is 11.6. The third kappa shape index (κ3) is 2.54. The molecule has 2 fully saturated rings. The van der Waals surface area contributed by atoms with E-state index in [1.54, 1.807) is 0 Å². The monoisotopic (exact) mass is 251 g/mol.